The van der Waals surface area contributed by atoms with Crippen molar-refractivity contribution in [3.05, 3.63) is 52.7 Å². The van der Waals surface area contributed by atoms with Crippen molar-refractivity contribution >= 4 is 32.7 Å². The van der Waals surface area contributed by atoms with E-state index >= 15 is 0 Å². The minimum Gasteiger partial charge on any atom is -0.491 e. The first-order valence-corrected chi connectivity index (χ1v) is 10.6. The Balaban J connectivity index is 1.82. The van der Waals surface area contributed by atoms with E-state index in [1.807, 2.05) is 6.92 Å². The van der Waals surface area contributed by atoms with Gasteiger partial charge in [-0.3, -0.25) is 23.6 Å². The number of benzene rings is 1. The molecular weight excluding hydrogens is 380 g/mol. The molecule has 9 heteroatoms. The highest BCUT2D eigenvalue weighted by Gasteiger charge is 2.29. The predicted molar refractivity (Wildman–Crippen MR) is 108 cm³/mol. The van der Waals surface area contributed by atoms with Gasteiger partial charge in [0.05, 0.1) is 22.7 Å². The fourth-order valence-electron chi connectivity index (χ4n) is 3.78. The summed E-state index contributed by atoms with van der Waals surface area (Å²) in [4.78, 5) is 24.6. The van der Waals surface area contributed by atoms with Crippen LogP contribution < -0.4 is 10.4 Å². The quantitative estimate of drug-likeness (QED) is 0.488. The molecule has 1 aliphatic heterocycles. The van der Waals surface area contributed by atoms with Crippen molar-refractivity contribution in [2.45, 2.75) is 18.2 Å². The number of nitrogens with one attached hydrogen (secondary N) is 1. The van der Waals surface area contributed by atoms with Crippen LogP contribution in [0, 0.1) is 0 Å². The molecule has 0 bridgehead atoms. The van der Waals surface area contributed by atoms with Crippen LogP contribution >= 0.6 is 10.6 Å². The van der Waals surface area contributed by atoms with E-state index in [0.717, 1.165) is 5.56 Å². The van der Waals surface area contributed by atoms with Crippen molar-refractivity contribution in [2.75, 3.05) is 12.4 Å². The van der Waals surface area contributed by atoms with Crippen LogP contribution in [-0.4, -0.2) is 41.0 Å². The third kappa shape index (κ3) is 2.44. The Bertz CT molecular complexity index is 1290. The van der Waals surface area contributed by atoms with Gasteiger partial charge in [0.1, 0.15) is 11.3 Å². The fourth-order valence-corrected chi connectivity index (χ4v) is 5.58. The molecule has 1 aliphatic rings. The van der Waals surface area contributed by atoms with E-state index in [0.29, 0.717) is 57.2 Å². The average molecular weight is 398 g/mol. The highest BCUT2D eigenvalue weighted by Crippen LogP contribution is 2.57. The van der Waals surface area contributed by atoms with Gasteiger partial charge in [-0.1, -0.05) is 0 Å². The van der Waals surface area contributed by atoms with Gasteiger partial charge in [-0.05, 0) is 37.1 Å². The van der Waals surface area contributed by atoms with E-state index in [-0.39, 0.29) is 5.69 Å². The normalized spacial score (nSPS) is 16.4. The first-order valence-electron chi connectivity index (χ1n) is 8.90. The van der Waals surface area contributed by atoms with Gasteiger partial charge in [-0.15, -0.1) is 0 Å². The number of fused-ring (bicyclic) bond motifs is 4. The summed E-state index contributed by atoms with van der Waals surface area (Å²) in [5.41, 5.74) is 2.70. The molecule has 4 aromatic rings. The molecule has 1 aromatic carbocycles. The van der Waals surface area contributed by atoms with Gasteiger partial charge in [0.25, 0.3) is 0 Å². The maximum atomic E-state index is 12.7. The number of hydrogen-bond acceptors (Lipinski definition) is 6. The van der Waals surface area contributed by atoms with E-state index in [1.54, 1.807) is 36.7 Å². The molecule has 0 amide bonds. The van der Waals surface area contributed by atoms with Gasteiger partial charge in [0.15, 0.2) is 5.65 Å². The summed E-state index contributed by atoms with van der Waals surface area (Å²) in [6.07, 6.45) is 3.86. The fraction of sp³-hybridized carbons (Fsp3) is 0.211. The van der Waals surface area contributed by atoms with E-state index < -0.39 is 10.6 Å². The van der Waals surface area contributed by atoms with E-state index in [9.17, 15) is 13.9 Å². The number of pyridine rings is 2. The topological polar surface area (TPSA) is 113 Å². The zero-order chi connectivity index (χ0) is 19.5. The summed E-state index contributed by atoms with van der Waals surface area (Å²) >= 11 is 0. The van der Waals surface area contributed by atoms with Gasteiger partial charge in [-0.25, -0.2) is 9.78 Å². The van der Waals surface area contributed by atoms with Crippen molar-refractivity contribution < 1.29 is 13.8 Å². The standard InChI is InChI=1S/C19H18N4O4S/c1-2-27-15-5-7-20-18-16(15)23(19(24)22-18)12-3-4-14-13(9-12)17-11(10-21-14)6-8-28(17,25)26/h3-5,7,9-10,25-26H,2,6,8H2,1H3,(H,20,22,24). The SMILES string of the molecule is CCOc1ccnc2[nH]c(=O)n(-c3ccc4ncc5c(c4c3)S(O)(O)CC5)c12. The van der Waals surface area contributed by atoms with Crippen LogP contribution in [0.15, 0.2) is 46.3 Å². The number of nitrogens with zero attached hydrogens (tertiary/aromatic N) is 3. The number of aromatic nitrogens is 4. The lowest BCUT2D eigenvalue weighted by atomic mass is 10.1. The summed E-state index contributed by atoms with van der Waals surface area (Å²) in [7, 11) is -2.86. The summed E-state index contributed by atoms with van der Waals surface area (Å²) in [5.74, 6) is 0.852. The van der Waals surface area contributed by atoms with Gasteiger partial charge < -0.3 is 4.74 Å². The molecule has 0 fully saturated rings. The van der Waals surface area contributed by atoms with Crippen molar-refractivity contribution in [2.24, 2.45) is 0 Å². The zero-order valence-electron chi connectivity index (χ0n) is 15.0. The molecule has 28 heavy (non-hydrogen) atoms. The molecular formula is C19H18N4O4S. The lowest BCUT2D eigenvalue weighted by molar-refractivity contribution is 0.343. The molecule has 8 nitrogen and oxygen atoms in total. The Hall–Kier alpha value is -2.88. The molecule has 0 radical (unpaired) electrons. The number of rotatable bonds is 3. The monoisotopic (exact) mass is 398 g/mol. The second-order valence-corrected chi connectivity index (χ2v) is 8.79. The van der Waals surface area contributed by atoms with E-state index in [2.05, 4.69) is 15.0 Å². The molecule has 0 aliphatic carbocycles. The van der Waals surface area contributed by atoms with E-state index in [1.165, 1.54) is 4.57 Å². The van der Waals surface area contributed by atoms with Crippen LogP contribution in [0.1, 0.15) is 12.5 Å². The predicted octanol–water partition coefficient (Wildman–Crippen LogP) is 3.33. The molecule has 3 N–H and O–H groups in total. The van der Waals surface area contributed by atoms with Crippen LogP contribution in [0.2, 0.25) is 0 Å². The number of hydrogen-bond donors (Lipinski definition) is 3. The van der Waals surface area contributed by atoms with E-state index in [4.69, 9.17) is 4.74 Å². The highest BCUT2D eigenvalue weighted by atomic mass is 32.3. The van der Waals surface area contributed by atoms with Crippen LogP contribution in [-0.2, 0) is 6.42 Å². The molecule has 5 rings (SSSR count). The number of H-pyrrole nitrogens is 1. The average Bonchev–Trinajstić information content (AvgIpc) is 3.18. The Morgan fingerprint density at radius 1 is 1.29 bits per heavy atom. The number of imidazole rings is 1. The molecule has 0 atom stereocenters. The number of aromatic amines is 1. The first-order chi connectivity index (χ1) is 13.5. The minimum atomic E-state index is -2.86. The lowest BCUT2D eigenvalue weighted by Gasteiger charge is -2.28. The molecule has 0 unspecified atom stereocenters. The largest absolute Gasteiger partial charge is 0.491 e. The Morgan fingerprint density at radius 3 is 2.96 bits per heavy atom. The second-order valence-electron chi connectivity index (χ2n) is 6.64. The highest BCUT2D eigenvalue weighted by molar-refractivity contribution is 8.24. The third-order valence-corrected chi connectivity index (χ3v) is 6.87. The Morgan fingerprint density at radius 2 is 2.14 bits per heavy atom. The summed E-state index contributed by atoms with van der Waals surface area (Å²) < 4.78 is 28.2. The maximum Gasteiger partial charge on any atom is 0.332 e. The Kier molecular flexibility index (Phi) is 3.73. The van der Waals surface area contributed by atoms with Crippen molar-refractivity contribution in [3.8, 4) is 11.4 Å². The van der Waals surface area contributed by atoms with Crippen LogP contribution in [0.25, 0.3) is 27.8 Å². The number of aryl methyl sites for hydroxylation is 1. The van der Waals surface area contributed by atoms with Crippen LogP contribution in [0.3, 0.4) is 0 Å². The zero-order valence-corrected chi connectivity index (χ0v) is 15.9. The summed E-state index contributed by atoms with van der Waals surface area (Å²) in [6.45, 7) is 2.33. The van der Waals surface area contributed by atoms with Gasteiger partial charge in [0, 0.05) is 29.6 Å². The van der Waals surface area contributed by atoms with Crippen LogP contribution in [0.5, 0.6) is 5.75 Å². The second kappa shape index (κ2) is 6.06. The number of ether oxygens (including phenoxy) is 1. The molecule has 0 saturated heterocycles. The lowest BCUT2D eigenvalue weighted by Crippen LogP contribution is -2.15. The molecule has 0 spiro atoms. The molecule has 0 saturated carbocycles. The minimum absolute atomic E-state index is 0.304. The van der Waals surface area contributed by atoms with Gasteiger partial charge in [0.2, 0.25) is 0 Å². The molecule has 3 aromatic heterocycles. The molecule has 144 valence electrons. The smallest absolute Gasteiger partial charge is 0.332 e. The van der Waals surface area contributed by atoms with Crippen molar-refractivity contribution in [3.63, 3.8) is 0 Å². The summed E-state index contributed by atoms with van der Waals surface area (Å²) in [6, 6.07) is 7.05. The third-order valence-electron chi connectivity index (χ3n) is 4.96. The van der Waals surface area contributed by atoms with Crippen LogP contribution in [0.4, 0.5) is 0 Å². The first kappa shape index (κ1) is 17.2. The van der Waals surface area contributed by atoms with Gasteiger partial charge >= 0.3 is 5.69 Å². The maximum absolute atomic E-state index is 12.7. The molecule has 4 heterocycles. The van der Waals surface area contributed by atoms with Crippen molar-refractivity contribution in [1.29, 1.82) is 0 Å². The van der Waals surface area contributed by atoms with Gasteiger partial charge in [-0.2, -0.15) is 10.6 Å². The van der Waals surface area contributed by atoms with Crippen molar-refractivity contribution in [1.82, 2.24) is 19.5 Å². The Labute approximate surface area is 161 Å². The summed E-state index contributed by atoms with van der Waals surface area (Å²) in [5, 5.41) is 0.649.